The molecular weight excluding hydrogens is 340 g/mol. The predicted molar refractivity (Wildman–Crippen MR) is 94.6 cm³/mol. The molecule has 1 N–H and O–H groups in total. The van der Waals surface area contributed by atoms with Crippen molar-refractivity contribution in [1.29, 1.82) is 0 Å². The molecule has 3 amide bonds. The smallest absolute Gasteiger partial charge is 0.233 e. The van der Waals surface area contributed by atoms with E-state index in [1.807, 2.05) is 24.3 Å². The van der Waals surface area contributed by atoms with Crippen molar-refractivity contribution in [3.8, 4) is 0 Å². The van der Waals surface area contributed by atoms with Crippen molar-refractivity contribution in [1.82, 2.24) is 10.2 Å². The highest BCUT2D eigenvalue weighted by molar-refractivity contribution is 6.30. The number of rotatable bonds is 6. The average molecular weight is 361 g/mol. The molecule has 1 aliphatic carbocycles. The number of allylic oxidation sites excluding steroid dienone is 2. The normalized spacial score (nSPS) is 22.2. The maximum Gasteiger partial charge on any atom is 0.233 e. The molecule has 0 radical (unpaired) electrons. The molecule has 3 rings (SSSR count). The highest BCUT2D eigenvalue weighted by Gasteiger charge is 2.46. The molecule has 2 atom stereocenters. The van der Waals surface area contributed by atoms with Crippen LogP contribution >= 0.6 is 11.6 Å². The van der Waals surface area contributed by atoms with E-state index in [9.17, 15) is 14.4 Å². The van der Waals surface area contributed by atoms with Gasteiger partial charge in [0.2, 0.25) is 17.7 Å². The summed E-state index contributed by atoms with van der Waals surface area (Å²) in [7, 11) is 0. The van der Waals surface area contributed by atoms with E-state index < -0.39 is 0 Å². The maximum absolute atomic E-state index is 12.3. The second-order valence-corrected chi connectivity index (χ2v) is 6.93. The lowest BCUT2D eigenvalue weighted by Gasteiger charge is -2.14. The van der Waals surface area contributed by atoms with Crippen molar-refractivity contribution in [3.05, 3.63) is 47.0 Å². The molecule has 6 heteroatoms. The Morgan fingerprint density at radius 3 is 2.28 bits per heavy atom. The summed E-state index contributed by atoms with van der Waals surface area (Å²) in [5, 5.41) is 3.49. The standard InChI is InChI=1S/C19H21ClN2O3/c20-14-9-7-13(8-10-14)12-21-17(23)6-3-11-22-18(24)15-4-1-2-5-16(15)19(22)25/h1-2,7-10,15-16H,3-6,11-12H2,(H,21,23)/t15-,16-/m0/s1. The van der Waals surface area contributed by atoms with Crippen molar-refractivity contribution >= 4 is 29.3 Å². The number of likely N-dealkylation sites (tertiary alicyclic amines) is 1. The molecule has 1 aromatic carbocycles. The van der Waals surface area contributed by atoms with Crippen LogP contribution in [0.3, 0.4) is 0 Å². The van der Waals surface area contributed by atoms with Crippen LogP contribution in [-0.4, -0.2) is 29.2 Å². The van der Waals surface area contributed by atoms with E-state index in [1.54, 1.807) is 12.1 Å². The Balaban J connectivity index is 1.42. The lowest BCUT2D eigenvalue weighted by molar-refractivity contribution is -0.140. The number of halogens is 1. The Hall–Kier alpha value is -2.14. The van der Waals surface area contributed by atoms with Gasteiger partial charge in [-0.1, -0.05) is 35.9 Å². The highest BCUT2D eigenvalue weighted by Crippen LogP contribution is 2.35. The van der Waals surface area contributed by atoms with Crippen LogP contribution in [0.4, 0.5) is 0 Å². The minimum atomic E-state index is -0.198. The Morgan fingerprint density at radius 2 is 1.68 bits per heavy atom. The summed E-state index contributed by atoms with van der Waals surface area (Å²) < 4.78 is 0. The van der Waals surface area contributed by atoms with Crippen LogP contribution in [0, 0.1) is 11.8 Å². The summed E-state index contributed by atoms with van der Waals surface area (Å²) in [4.78, 5) is 37.9. The van der Waals surface area contributed by atoms with Gasteiger partial charge in [-0.05, 0) is 37.0 Å². The van der Waals surface area contributed by atoms with Crippen molar-refractivity contribution in [2.75, 3.05) is 6.54 Å². The number of benzene rings is 1. The van der Waals surface area contributed by atoms with Crippen molar-refractivity contribution in [2.45, 2.75) is 32.2 Å². The Bertz CT molecular complexity index is 673. The molecule has 0 spiro atoms. The molecule has 1 aromatic rings. The summed E-state index contributed by atoms with van der Waals surface area (Å²) in [6, 6.07) is 7.28. The molecule has 0 saturated carbocycles. The van der Waals surface area contributed by atoms with Crippen LogP contribution in [0.2, 0.25) is 5.02 Å². The van der Waals surface area contributed by atoms with E-state index in [0.717, 1.165) is 5.56 Å². The molecular formula is C19H21ClN2O3. The number of nitrogens with zero attached hydrogens (tertiary/aromatic N) is 1. The summed E-state index contributed by atoms with van der Waals surface area (Å²) in [5.74, 6) is -0.651. The van der Waals surface area contributed by atoms with Gasteiger partial charge in [0.25, 0.3) is 0 Å². The summed E-state index contributed by atoms with van der Waals surface area (Å²) in [6.07, 6.45) is 6.01. The van der Waals surface area contributed by atoms with Gasteiger partial charge in [0.15, 0.2) is 0 Å². The number of nitrogens with one attached hydrogen (secondary N) is 1. The van der Waals surface area contributed by atoms with Gasteiger partial charge in [0.05, 0.1) is 11.8 Å². The fraction of sp³-hybridized carbons (Fsp3) is 0.421. The van der Waals surface area contributed by atoms with Crippen molar-refractivity contribution in [3.63, 3.8) is 0 Å². The third-order valence-electron chi connectivity index (χ3n) is 4.79. The Morgan fingerprint density at radius 1 is 1.08 bits per heavy atom. The first-order chi connectivity index (χ1) is 12.1. The van der Waals surface area contributed by atoms with E-state index in [4.69, 9.17) is 11.6 Å². The van der Waals surface area contributed by atoms with Crippen LogP contribution in [-0.2, 0) is 20.9 Å². The molecule has 0 bridgehead atoms. The zero-order valence-corrected chi connectivity index (χ0v) is 14.7. The van der Waals surface area contributed by atoms with E-state index in [-0.39, 0.29) is 36.0 Å². The van der Waals surface area contributed by atoms with E-state index in [1.165, 1.54) is 4.90 Å². The number of carbonyl (C=O) groups is 3. The number of fused-ring (bicyclic) bond motifs is 1. The number of hydrogen-bond acceptors (Lipinski definition) is 3. The molecule has 0 aromatic heterocycles. The van der Waals surface area contributed by atoms with Gasteiger partial charge < -0.3 is 5.32 Å². The first-order valence-electron chi connectivity index (χ1n) is 8.57. The molecule has 25 heavy (non-hydrogen) atoms. The van der Waals surface area contributed by atoms with Gasteiger partial charge in [-0.25, -0.2) is 0 Å². The second-order valence-electron chi connectivity index (χ2n) is 6.49. The van der Waals surface area contributed by atoms with Crippen LogP contribution in [0.15, 0.2) is 36.4 Å². The lowest BCUT2D eigenvalue weighted by atomic mass is 9.85. The number of hydrogen-bond donors (Lipinski definition) is 1. The summed E-state index contributed by atoms with van der Waals surface area (Å²) >= 11 is 5.82. The molecule has 1 heterocycles. The molecule has 1 saturated heterocycles. The van der Waals surface area contributed by atoms with E-state index in [2.05, 4.69) is 5.32 Å². The van der Waals surface area contributed by atoms with Crippen LogP contribution in [0.5, 0.6) is 0 Å². The molecule has 1 aliphatic heterocycles. The predicted octanol–water partition coefficient (Wildman–Crippen LogP) is 2.69. The van der Waals surface area contributed by atoms with Gasteiger partial charge in [-0.15, -0.1) is 0 Å². The SMILES string of the molecule is O=C(CCCN1C(=O)[C@H]2CC=CC[C@@H]2C1=O)NCc1ccc(Cl)cc1. The zero-order valence-electron chi connectivity index (χ0n) is 13.9. The average Bonchev–Trinajstić information content (AvgIpc) is 2.86. The first kappa shape index (κ1) is 17.7. The zero-order chi connectivity index (χ0) is 17.8. The highest BCUT2D eigenvalue weighted by atomic mass is 35.5. The van der Waals surface area contributed by atoms with Crippen LogP contribution < -0.4 is 5.32 Å². The minimum Gasteiger partial charge on any atom is -0.352 e. The van der Waals surface area contributed by atoms with Gasteiger partial charge in [-0.3, -0.25) is 19.3 Å². The Labute approximate surface area is 152 Å². The maximum atomic E-state index is 12.3. The third-order valence-corrected chi connectivity index (χ3v) is 5.04. The van der Waals surface area contributed by atoms with Crippen molar-refractivity contribution < 1.29 is 14.4 Å². The monoisotopic (exact) mass is 360 g/mol. The van der Waals surface area contributed by atoms with E-state index in [0.29, 0.717) is 37.4 Å². The van der Waals surface area contributed by atoms with Gasteiger partial charge in [0, 0.05) is 24.5 Å². The lowest BCUT2D eigenvalue weighted by Crippen LogP contribution is -2.33. The first-order valence-corrected chi connectivity index (χ1v) is 8.95. The van der Waals surface area contributed by atoms with E-state index >= 15 is 0 Å². The molecule has 0 unspecified atom stereocenters. The molecule has 132 valence electrons. The van der Waals surface area contributed by atoms with Gasteiger partial charge in [0.1, 0.15) is 0 Å². The fourth-order valence-electron chi connectivity index (χ4n) is 3.38. The van der Waals surface area contributed by atoms with Gasteiger partial charge >= 0.3 is 0 Å². The quantitative estimate of drug-likeness (QED) is 0.626. The van der Waals surface area contributed by atoms with Crippen molar-refractivity contribution in [2.24, 2.45) is 11.8 Å². The summed E-state index contributed by atoms with van der Waals surface area (Å²) in [6.45, 7) is 0.756. The largest absolute Gasteiger partial charge is 0.352 e. The third kappa shape index (κ3) is 4.10. The number of amides is 3. The number of imide groups is 1. The number of carbonyl (C=O) groups excluding carboxylic acids is 3. The van der Waals surface area contributed by atoms with Crippen LogP contribution in [0.1, 0.15) is 31.2 Å². The molecule has 5 nitrogen and oxygen atoms in total. The topological polar surface area (TPSA) is 66.5 Å². The van der Waals surface area contributed by atoms with Gasteiger partial charge in [-0.2, -0.15) is 0 Å². The molecule has 2 aliphatic rings. The Kier molecular flexibility index (Phi) is 5.53. The van der Waals surface area contributed by atoms with Crippen LogP contribution in [0.25, 0.3) is 0 Å². The molecule has 1 fully saturated rings. The minimum absolute atomic E-state index is 0.0825. The summed E-state index contributed by atoms with van der Waals surface area (Å²) in [5.41, 5.74) is 0.972. The second kappa shape index (κ2) is 7.83. The fourth-order valence-corrected chi connectivity index (χ4v) is 3.50.